The summed E-state index contributed by atoms with van der Waals surface area (Å²) in [6.45, 7) is 2.07. The standard InChI is InChI=1S/C11H12N4O/c1-10(16)13-15-8-12-14(9-15)7-11-5-3-2-4-6-11/h2-6,8-9H,7H2,1H3. The van der Waals surface area contributed by atoms with Gasteiger partial charge in [-0.1, -0.05) is 30.3 Å². The molecule has 0 fully saturated rings. The van der Waals surface area contributed by atoms with Crippen LogP contribution >= 0.6 is 0 Å². The molecule has 2 aromatic rings. The molecule has 0 aliphatic heterocycles. The lowest BCUT2D eigenvalue weighted by atomic mass is 10.2. The van der Waals surface area contributed by atoms with Crippen LogP contribution in [0.1, 0.15) is 12.5 Å². The molecule has 0 aliphatic carbocycles. The van der Waals surface area contributed by atoms with Gasteiger partial charge in [0.1, 0.15) is 6.54 Å². The van der Waals surface area contributed by atoms with Crippen LogP contribution in [-0.2, 0) is 6.54 Å². The number of rotatable bonds is 3. The molecule has 0 saturated carbocycles. The highest BCUT2D eigenvalue weighted by Crippen LogP contribution is 1.99. The van der Waals surface area contributed by atoms with Gasteiger partial charge in [-0.3, -0.25) is 0 Å². The van der Waals surface area contributed by atoms with Crippen LogP contribution in [0.25, 0.3) is 0 Å². The van der Waals surface area contributed by atoms with Gasteiger partial charge in [0, 0.05) is 5.10 Å². The second-order valence-corrected chi connectivity index (χ2v) is 3.43. The van der Waals surface area contributed by atoms with Crippen LogP contribution in [0.4, 0.5) is 0 Å². The molecular weight excluding hydrogens is 204 g/mol. The molecule has 0 atom stereocenters. The van der Waals surface area contributed by atoms with E-state index in [2.05, 4.69) is 10.2 Å². The Kier molecular flexibility index (Phi) is 2.95. The first-order chi connectivity index (χ1) is 7.74. The Morgan fingerprint density at radius 2 is 2.19 bits per heavy atom. The number of hydrogen-bond donors (Lipinski definition) is 0. The van der Waals surface area contributed by atoms with E-state index in [1.165, 1.54) is 17.9 Å². The second kappa shape index (κ2) is 4.57. The van der Waals surface area contributed by atoms with Gasteiger partial charge in [0.2, 0.25) is 6.33 Å². The van der Waals surface area contributed by atoms with Crippen molar-refractivity contribution in [2.24, 2.45) is 5.10 Å². The van der Waals surface area contributed by atoms with E-state index in [0.29, 0.717) is 6.54 Å². The van der Waals surface area contributed by atoms with Gasteiger partial charge in [0.15, 0.2) is 0 Å². The smallest absolute Gasteiger partial charge is 0.288 e. The monoisotopic (exact) mass is 216 g/mol. The van der Waals surface area contributed by atoms with Crippen LogP contribution < -0.4 is 9.78 Å². The Hall–Kier alpha value is -2.17. The van der Waals surface area contributed by atoms with Crippen LogP contribution in [0.3, 0.4) is 0 Å². The molecule has 0 bridgehead atoms. The molecule has 0 spiro atoms. The molecule has 5 heteroatoms. The quantitative estimate of drug-likeness (QED) is 0.404. The average Bonchev–Trinajstić information content (AvgIpc) is 2.66. The van der Waals surface area contributed by atoms with E-state index in [1.54, 1.807) is 11.0 Å². The van der Waals surface area contributed by atoms with Crippen molar-refractivity contribution in [1.29, 1.82) is 0 Å². The van der Waals surface area contributed by atoms with E-state index in [-0.39, 0.29) is 5.90 Å². The fourth-order valence-corrected chi connectivity index (χ4v) is 1.38. The van der Waals surface area contributed by atoms with Gasteiger partial charge in [-0.05, 0) is 18.4 Å². The molecule has 1 aromatic carbocycles. The average molecular weight is 216 g/mol. The summed E-state index contributed by atoms with van der Waals surface area (Å²) in [6.07, 6.45) is 3.18. The third kappa shape index (κ3) is 2.66. The summed E-state index contributed by atoms with van der Waals surface area (Å²) in [7, 11) is 0. The lowest BCUT2D eigenvalue weighted by Gasteiger charge is -1.96. The lowest BCUT2D eigenvalue weighted by molar-refractivity contribution is -0.682. The highest BCUT2D eigenvalue weighted by molar-refractivity contribution is 5.67. The first-order valence-corrected chi connectivity index (χ1v) is 4.94. The van der Waals surface area contributed by atoms with Crippen LogP contribution in [0.2, 0.25) is 0 Å². The van der Waals surface area contributed by atoms with E-state index >= 15 is 0 Å². The maximum atomic E-state index is 10.8. The maximum absolute atomic E-state index is 10.8. The normalized spacial score (nSPS) is 11.7. The third-order valence-corrected chi connectivity index (χ3v) is 2.01. The number of hydrogen-bond acceptors (Lipinski definition) is 3. The van der Waals surface area contributed by atoms with E-state index < -0.39 is 0 Å². The summed E-state index contributed by atoms with van der Waals surface area (Å²) in [5.41, 5.74) is 1.15. The second-order valence-electron chi connectivity index (χ2n) is 3.43. The third-order valence-electron chi connectivity index (χ3n) is 2.01. The molecule has 0 aliphatic rings. The zero-order valence-corrected chi connectivity index (χ0v) is 8.95. The molecule has 0 radical (unpaired) electrons. The molecule has 2 rings (SSSR count). The Labute approximate surface area is 93.3 Å². The van der Waals surface area contributed by atoms with Crippen molar-refractivity contribution in [3.8, 4) is 0 Å². The molecule has 0 unspecified atom stereocenters. The molecule has 82 valence electrons. The van der Waals surface area contributed by atoms with E-state index in [4.69, 9.17) is 0 Å². The lowest BCUT2D eigenvalue weighted by Crippen LogP contribution is -2.30. The topological polar surface area (TPSA) is 57.1 Å². The van der Waals surface area contributed by atoms with Gasteiger partial charge < -0.3 is 5.11 Å². The van der Waals surface area contributed by atoms with Gasteiger partial charge >= 0.3 is 0 Å². The van der Waals surface area contributed by atoms with Gasteiger partial charge in [-0.25, -0.2) is 0 Å². The van der Waals surface area contributed by atoms with Crippen molar-refractivity contribution in [3.63, 3.8) is 0 Å². The largest absolute Gasteiger partial charge is 0.860 e. The number of nitrogens with zero attached hydrogens (tertiary/aromatic N) is 4. The molecule has 16 heavy (non-hydrogen) atoms. The zero-order valence-electron chi connectivity index (χ0n) is 8.95. The molecule has 1 heterocycles. The van der Waals surface area contributed by atoms with Crippen molar-refractivity contribution in [3.05, 3.63) is 48.5 Å². The van der Waals surface area contributed by atoms with Crippen molar-refractivity contribution in [2.75, 3.05) is 0 Å². The van der Waals surface area contributed by atoms with Crippen molar-refractivity contribution >= 4 is 5.90 Å². The predicted molar refractivity (Wildman–Crippen MR) is 56.5 cm³/mol. The van der Waals surface area contributed by atoms with Crippen LogP contribution in [-0.4, -0.2) is 15.7 Å². The molecule has 0 N–H and O–H groups in total. The Morgan fingerprint density at radius 1 is 1.44 bits per heavy atom. The summed E-state index contributed by atoms with van der Waals surface area (Å²) in [6, 6.07) is 9.97. The zero-order chi connectivity index (χ0) is 11.4. The molecule has 5 nitrogen and oxygen atoms in total. The maximum Gasteiger partial charge on any atom is 0.288 e. The van der Waals surface area contributed by atoms with Crippen LogP contribution in [0, 0.1) is 0 Å². The minimum absolute atomic E-state index is 0.246. The fraction of sp³-hybridized carbons (Fsp3) is 0.182. The highest BCUT2D eigenvalue weighted by Gasteiger charge is 2.04. The predicted octanol–water partition coefficient (Wildman–Crippen LogP) is -0.239. The SMILES string of the molecule is C/C([O-])=N/[n+]1cnn(Cc2ccccc2)c1. The Balaban J connectivity index is 2.12. The van der Waals surface area contributed by atoms with Crippen LogP contribution in [0.15, 0.2) is 48.1 Å². The Morgan fingerprint density at radius 3 is 2.88 bits per heavy atom. The van der Waals surface area contributed by atoms with Crippen molar-refractivity contribution in [2.45, 2.75) is 13.5 Å². The van der Waals surface area contributed by atoms with E-state index in [0.717, 1.165) is 5.56 Å². The first kappa shape index (κ1) is 10.4. The number of benzene rings is 1. The minimum atomic E-state index is -0.246. The summed E-state index contributed by atoms with van der Waals surface area (Å²) in [5.74, 6) is -0.246. The minimum Gasteiger partial charge on any atom is -0.860 e. The fourth-order valence-electron chi connectivity index (χ4n) is 1.38. The summed E-state index contributed by atoms with van der Waals surface area (Å²) in [4.78, 5) is 0. The highest BCUT2D eigenvalue weighted by atomic mass is 16.3. The van der Waals surface area contributed by atoms with Gasteiger partial charge in [0.05, 0.1) is 0 Å². The first-order valence-electron chi connectivity index (χ1n) is 4.94. The van der Waals surface area contributed by atoms with Gasteiger partial charge in [-0.15, -0.1) is 14.5 Å². The number of aromatic nitrogens is 3. The summed E-state index contributed by atoms with van der Waals surface area (Å²) in [5, 5.41) is 18.6. The summed E-state index contributed by atoms with van der Waals surface area (Å²) >= 11 is 0. The summed E-state index contributed by atoms with van der Waals surface area (Å²) < 4.78 is 3.13. The van der Waals surface area contributed by atoms with Crippen LogP contribution in [0.5, 0.6) is 0 Å². The Bertz CT molecular complexity index is 486. The van der Waals surface area contributed by atoms with E-state index in [1.807, 2.05) is 30.3 Å². The van der Waals surface area contributed by atoms with Gasteiger partial charge in [-0.2, -0.15) is 0 Å². The van der Waals surface area contributed by atoms with Crippen molar-refractivity contribution < 1.29 is 9.78 Å². The molecule has 0 saturated heterocycles. The molecule has 0 amide bonds. The molecule has 1 aromatic heterocycles. The molecular formula is C11H12N4O. The van der Waals surface area contributed by atoms with Gasteiger partial charge in [0.25, 0.3) is 6.33 Å². The van der Waals surface area contributed by atoms with E-state index in [9.17, 15) is 5.11 Å². The van der Waals surface area contributed by atoms with Crippen molar-refractivity contribution in [1.82, 2.24) is 9.78 Å².